The second-order valence-corrected chi connectivity index (χ2v) is 26.1. The van der Waals surface area contributed by atoms with Crippen molar-refractivity contribution >= 4 is 11.8 Å². The molecule has 18 heteroatoms. The first kappa shape index (κ1) is 75.2. The van der Waals surface area contributed by atoms with Gasteiger partial charge >= 0.3 is 5.97 Å². The molecule has 15 atom stereocenters. The van der Waals surface area contributed by atoms with E-state index in [1.54, 1.807) is 0 Å². The number of ether oxygens (including phenoxy) is 15. The van der Waals surface area contributed by atoms with Gasteiger partial charge in [0.25, 0.3) is 0 Å². The summed E-state index contributed by atoms with van der Waals surface area (Å²) < 4.78 is 105. The van der Waals surface area contributed by atoms with Crippen LogP contribution in [-0.2, 0) is 140 Å². The fraction of sp³-hybridized carbons (Fsp3) is 0.349. The summed E-state index contributed by atoms with van der Waals surface area (Å²) in [7, 11) is 0. The minimum absolute atomic E-state index is 0.00259. The first-order valence-electron chi connectivity index (χ1n) is 35.7. The van der Waals surface area contributed by atoms with Crippen LogP contribution in [0.15, 0.2) is 273 Å². The maximum atomic E-state index is 13.6. The predicted octanol–water partition coefficient (Wildman–Crippen LogP) is 13.4. The van der Waals surface area contributed by atoms with Crippen molar-refractivity contribution in [3.8, 4) is 0 Å². The van der Waals surface area contributed by atoms with Crippen LogP contribution < -0.4 is 0 Å². The second-order valence-electron chi connectivity index (χ2n) is 26.1. The summed E-state index contributed by atoms with van der Waals surface area (Å²) in [5, 5.41) is 12.4. The average Bonchev–Trinajstić information content (AvgIpc) is 0.789. The molecule has 1 N–H and O–H groups in total. The molecule has 0 aliphatic carbocycles. The normalized spacial score (nSPS) is 24.7. The van der Waals surface area contributed by atoms with Crippen molar-refractivity contribution < 1.29 is 85.7 Å². The van der Waals surface area contributed by atoms with Gasteiger partial charge in [0.05, 0.1) is 79.1 Å². The number of aliphatic hydroxyl groups excluding tert-OH is 1. The highest BCUT2D eigenvalue weighted by molar-refractivity contribution is 5.81. The van der Waals surface area contributed by atoms with Crippen LogP contribution >= 0.6 is 0 Å². The highest BCUT2D eigenvalue weighted by atomic mass is 16.8. The van der Waals surface area contributed by atoms with E-state index in [9.17, 15) is 14.7 Å². The van der Waals surface area contributed by atoms with Crippen LogP contribution in [0.5, 0.6) is 0 Å². The summed E-state index contributed by atoms with van der Waals surface area (Å²) in [5.74, 6) is -0.743. The lowest BCUT2D eigenvalue weighted by Gasteiger charge is -2.48. The first-order chi connectivity index (χ1) is 51.2. The third-order valence-electron chi connectivity index (χ3n) is 18.3. The van der Waals surface area contributed by atoms with E-state index < -0.39 is 98.1 Å². The lowest BCUT2D eigenvalue weighted by molar-refractivity contribution is -0.360. The van der Waals surface area contributed by atoms with Crippen molar-refractivity contribution in [3.05, 3.63) is 323 Å². The molecule has 3 heterocycles. The van der Waals surface area contributed by atoms with Gasteiger partial charge in [0.2, 0.25) is 0 Å². The first-order valence-corrected chi connectivity index (χ1v) is 35.7. The topological polar surface area (TPSA) is 193 Å². The Morgan fingerprint density at radius 1 is 0.269 bits per heavy atom. The van der Waals surface area contributed by atoms with E-state index in [1.165, 1.54) is 6.92 Å². The zero-order valence-electron chi connectivity index (χ0n) is 58.4. The van der Waals surface area contributed by atoms with Crippen LogP contribution in [0.2, 0.25) is 0 Å². The van der Waals surface area contributed by atoms with E-state index in [-0.39, 0.29) is 97.9 Å². The maximum absolute atomic E-state index is 13.6. The Morgan fingerprint density at radius 2 is 0.490 bits per heavy atom. The van der Waals surface area contributed by atoms with Gasteiger partial charge in [-0.25, -0.2) is 0 Å². The molecule has 3 saturated heterocycles. The number of aliphatic hydroxyl groups is 1. The smallest absolute Gasteiger partial charge is 0.306 e. The van der Waals surface area contributed by atoms with Crippen molar-refractivity contribution in [2.75, 3.05) is 19.8 Å². The van der Waals surface area contributed by atoms with Crippen molar-refractivity contribution in [1.29, 1.82) is 0 Å². The number of hydrogen-bond donors (Lipinski definition) is 1. The monoisotopic (exact) mass is 1410 g/mol. The number of hydrogen-bond acceptors (Lipinski definition) is 18. The quantitative estimate of drug-likeness (QED) is 0.0359. The molecule has 0 spiro atoms. The molecule has 0 unspecified atom stereocenters. The van der Waals surface area contributed by atoms with E-state index in [1.807, 2.05) is 273 Å². The SMILES string of the molecule is CC(=O)CCC(=O)OC[C@H]1O[C@@H](OC[C@H]2O[C@@H](OC[C@H]3O[C@@H](O)[C@H](OCc4ccccc4)[C@@H](OCc4ccccc4)[C@@H]3OCc3ccccc3)[C@H](OCc3ccccc3)[C@@H](OCc3ccccc3)[C@H]2OCc2ccccc2)[C@H](OCc2ccccc2)[C@@H](OCc2ccccc2)[C@@H]1OCc1ccccc1. The van der Waals surface area contributed by atoms with Gasteiger partial charge < -0.3 is 81.0 Å². The molecule has 0 bridgehead atoms. The van der Waals surface area contributed by atoms with Gasteiger partial charge in [-0.05, 0) is 57.0 Å². The van der Waals surface area contributed by atoms with Crippen molar-refractivity contribution in [2.24, 2.45) is 0 Å². The zero-order chi connectivity index (χ0) is 71.3. The molecule has 104 heavy (non-hydrogen) atoms. The highest BCUT2D eigenvalue weighted by Gasteiger charge is 2.54. The summed E-state index contributed by atoms with van der Waals surface area (Å²) in [6, 6.07) is 88.0. The van der Waals surface area contributed by atoms with E-state index >= 15 is 0 Å². The molecular formula is C86H92O18. The molecule has 0 amide bonds. The van der Waals surface area contributed by atoms with Crippen LogP contribution in [0.1, 0.15) is 69.8 Å². The van der Waals surface area contributed by atoms with Crippen molar-refractivity contribution in [3.63, 3.8) is 0 Å². The Bertz CT molecular complexity index is 3880. The second kappa shape index (κ2) is 40.1. The van der Waals surface area contributed by atoms with Crippen molar-refractivity contribution in [1.82, 2.24) is 0 Å². The zero-order valence-corrected chi connectivity index (χ0v) is 58.4. The van der Waals surface area contributed by atoms with Gasteiger partial charge in [-0.1, -0.05) is 273 Å². The van der Waals surface area contributed by atoms with Crippen LogP contribution in [0.3, 0.4) is 0 Å². The third kappa shape index (κ3) is 22.5. The van der Waals surface area contributed by atoms with Crippen LogP contribution in [0, 0.1) is 0 Å². The Hall–Kier alpha value is -8.48. The fourth-order valence-corrected chi connectivity index (χ4v) is 12.8. The highest BCUT2D eigenvalue weighted by Crippen LogP contribution is 2.37. The third-order valence-corrected chi connectivity index (χ3v) is 18.3. The Labute approximate surface area is 608 Å². The molecule has 3 aliphatic heterocycles. The number of esters is 1. The van der Waals surface area contributed by atoms with E-state index in [0.29, 0.717) is 0 Å². The van der Waals surface area contributed by atoms with E-state index in [2.05, 4.69) is 0 Å². The lowest BCUT2D eigenvalue weighted by atomic mass is 9.96. The molecule has 0 aromatic heterocycles. The number of rotatable bonds is 38. The van der Waals surface area contributed by atoms with Crippen LogP contribution in [0.4, 0.5) is 0 Å². The summed E-state index contributed by atoms with van der Waals surface area (Å²) in [6.07, 6.45) is -16.1. The molecule has 544 valence electrons. The Morgan fingerprint density at radius 3 is 0.760 bits per heavy atom. The molecule has 9 aromatic rings. The van der Waals surface area contributed by atoms with Gasteiger partial charge in [-0.2, -0.15) is 0 Å². The van der Waals surface area contributed by atoms with Gasteiger partial charge in [-0.15, -0.1) is 0 Å². The number of carbonyl (C=O) groups is 2. The van der Waals surface area contributed by atoms with Gasteiger partial charge in [0.1, 0.15) is 85.6 Å². The van der Waals surface area contributed by atoms with Gasteiger partial charge in [-0.3, -0.25) is 4.79 Å². The van der Waals surface area contributed by atoms with Crippen LogP contribution in [-0.4, -0.2) is 129 Å². The van der Waals surface area contributed by atoms with Gasteiger partial charge in [0.15, 0.2) is 18.9 Å². The Balaban J connectivity index is 0.922. The fourth-order valence-electron chi connectivity index (χ4n) is 12.8. The van der Waals surface area contributed by atoms with Crippen LogP contribution in [0.25, 0.3) is 0 Å². The molecule has 9 aromatic carbocycles. The number of benzene rings is 9. The predicted molar refractivity (Wildman–Crippen MR) is 386 cm³/mol. The average molecular weight is 1410 g/mol. The van der Waals surface area contributed by atoms with Gasteiger partial charge in [0, 0.05) is 6.42 Å². The Kier molecular flexibility index (Phi) is 29.0. The van der Waals surface area contributed by atoms with E-state index in [4.69, 9.17) is 71.1 Å². The molecule has 3 fully saturated rings. The molecule has 0 saturated carbocycles. The molecule has 3 aliphatic rings. The molecule has 18 nitrogen and oxygen atoms in total. The molecule has 12 rings (SSSR count). The summed E-state index contributed by atoms with van der Waals surface area (Å²) in [5.41, 5.74) is 7.95. The number of ketones is 1. The number of carbonyl (C=O) groups excluding carboxylic acids is 2. The van der Waals surface area contributed by atoms with Crippen molar-refractivity contribution in [2.45, 2.75) is 171 Å². The number of Topliss-reactive ketones (excluding diaryl/α,β-unsaturated/α-hetero) is 1. The lowest BCUT2D eigenvalue weighted by Crippen LogP contribution is -2.64. The largest absolute Gasteiger partial charge is 0.463 e. The summed E-state index contributed by atoms with van der Waals surface area (Å²) in [4.78, 5) is 25.7. The minimum atomic E-state index is -1.52. The van der Waals surface area contributed by atoms with E-state index in [0.717, 1.165) is 50.1 Å². The molecule has 0 radical (unpaired) electrons. The molecular weight excluding hydrogens is 1320 g/mol. The minimum Gasteiger partial charge on any atom is -0.463 e. The maximum Gasteiger partial charge on any atom is 0.306 e. The summed E-state index contributed by atoms with van der Waals surface area (Å²) in [6.45, 7) is 1.82. The summed E-state index contributed by atoms with van der Waals surface area (Å²) >= 11 is 0. The standard InChI is InChI=1S/C86H92O18/c1-61(87)47-48-74(88)90-58-72-76(92-50-63-31-13-3-14-32-63)79(95-53-66-37-19-6-20-38-66)82(98-56-69-43-25-9-26-44-69)86(103-72)101-60-73-77(93-51-64-33-15-4-16-34-64)80(96-54-67-39-21-7-22-40-67)83(99-57-70-45-27-10-28-46-70)85(104-73)100-59-71-75(91-49-62-29-11-2-12-30-62)78(94-52-65-35-17-5-18-36-65)81(84(89)102-71)97-55-68-41-23-8-24-42-68/h2-46,71-73,75-86,89H,47-60H2,1H3/t71-,72-,73-,75-,76-,77+,78+,79+,80+,81-,82-,83-,84-,85-,86-/m1/s1.